The number of rotatable bonds is 3. The van der Waals surface area contributed by atoms with Crippen LogP contribution >= 0.6 is 10.7 Å². The molecule has 1 aliphatic heterocycles. The average molecular weight is 315 g/mol. The standard InChI is InChI=1S/C12H11ClN2O4S/c13-20(17,18)11-7-15(6-8-5-14-12(16)19-8)10-4-2-1-3-9(10)11/h1-4,7-8H,5-6H2,(H,14,16). The number of cyclic esters (lactones) is 1. The van der Waals surface area contributed by atoms with Crippen molar-refractivity contribution >= 4 is 36.7 Å². The molecule has 0 spiro atoms. The maximum absolute atomic E-state index is 11.6. The smallest absolute Gasteiger partial charge is 0.407 e. The van der Waals surface area contributed by atoms with Crippen LogP contribution in [0.15, 0.2) is 35.4 Å². The fourth-order valence-electron chi connectivity index (χ4n) is 2.31. The Hall–Kier alpha value is -1.73. The summed E-state index contributed by atoms with van der Waals surface area (Å²) in [7, 11) is 1.63. The Bertz CT molecular complexity index is 784. The fraction of sp³-hybridized carbons (Fsp3) is 0.250. The van der Waals surface area contributed by atoms with Crippen molar-refractivity contribution in [3.63, 3.8) is 0 Å². The van der Waals surface area contributed by atoms with E-state index >= 15 is 0 Å². The number of carbonyl (C=O) groups is 1. The highest BCUT2D eigenvalue weighted by Crippen LogP contribution is 2.28. The molecule has 3 rings (SSSR count). The van der Waals surface area contributed by atoms with Crippen molar-refractivity contribution < 1.29 is 17.9 Å². The first-order valence-corrected chi connectivity index (χ1v) is 8.23. The molecule has 0 radical (unpaired) electrons. The zero-order chi connectivity index (χ0) is 14.3. The van der Waals surface area contributed by atoms with E-state index in [0.717, 1.165) is 5.52 Å². The number of carbonyl (C=O) groups excluding carboxylic acids is 1. The van der Waals surface area contributed by atoms with E-state index in [1.807, 2.05) is 6.07 Å². The molecule has 106 valence electrons. The molecule has 20 heavy (non-hydrogen) atoms. The third-order valence-electron chi connectivity index (χ3n) is 3.16. The number of nitrogens with zero attached hydrogens (tertiary/aromatic N) is 1. The van der Waals surface area contributed by atoms with Gasteiger partial charge in [0, 0.05) is 27.8 Å². The highest BCUT2D eigenvalue weighted by molar-refractivity contribution is 8.14. The van der Waals surface area contributed by atoms with Gasteiger partial charge in [-0.3, -0.25) is 0 Å². The Kier molecular flexibility index (Phi) is 3.10. The molecule has 8 heteroatoms. The van der Waals surface area contributed by atoms with E-state index in [9.17, 15) is 13.2 Å². The van der Waals surface area contributed by atoms with Gasteiger partial charge < -0.3 is 14.6 Å². The first-order valence-electron chi connectivity index (χ1n) is 5.92. The number of ether oxygens (including phenoxy) is 1. The molecule has 0 saturated carbocycles. The molecule has 2 aromatic rings. The van der Waals surface area contributed by atoms with E-state index in [-0.39, 0.29) is 11.0 Å². The first-order chi connectivity index (χ1) is 9.45. The summed E-state index contributed by atoms with van der Waals surface area (Å²) >= 11 is 0. The highest BCUT2D eigenvalue weighted by Gasteiger charge is 2.25. The molecule has 0 bridgehead atoms. The molecule has 1 N–H and O–H groups in total. The van der Waals surface area contributed by atoms with Crippen molar-refractivity contribution in [2.45, 2.75) is 17.5 Å². The summed E-state index contributed by atoms with van der Waals surface area (Å²) in [5.41, 5.74) is 0.731. The SMILES string of the molecule is O=C1NCC(Cn2cc(S(=O)(=O)Cl)c3ccccc32)O1. The van der Waals surface area contributed by atoms with Crippen molar-refractivity contribution in [1.82, 2.24) is 9.88 Å². The van der Waals surface area contributed by atoms with E-state index in [1.165, 1.54) is 6.20 Å². The number of halogens is 1. The van der Waals surface area contributed by atoms with Crippen molar-refractivity contribution in [1.29, 1.82) is 0 Å². The molecule has 1 fully saturated rings. The summed E-state index contributed by atoms with van der Waals surface area (Å²) < 4.78 is 30.0. The van der Waals surface area contributed by atoms with E-state index in [2.05, 4.69) is 5.32 Å². The van der Waals surface area contributed by atoms with Crippen LogP contribution in [0.1, 0.15) is 0 Å². The van der Waals surface area contributed by atoms with E-state index in [4.69, 9.17) is 15.4 Å². The van der Waals surface area contributed by atoms with Gasteiger partial charge in [0.15, 0.2) is 0 Å². The number of hydrogen-bond donors (Lipinski definition) is 1. The number of alkyl carbamates (subject to hydrolysis) is 1. The van der Waals surface area contributed by atoms with Gasteiger partial charge in [0.2, 0.25) is 0 Å². The lowest BCUT2D eigenvalue weighted by Crippen LogP contribution is -2.20. The number of aromatic nitrogens is 1. The zero-order valence-corrected chi connectivity index (χ0v) is 11.8. The van der Waals surface area contributed by atoms with Gasteiger partial charge in [0.25, 0.3) is 9.05 Å². The molecule has 1 aromatic heterocycles. The molecule has 1 atom stereocenters. The third kappa shape index (κ3) is 2.34. The minimum Gasteiger partial charge on any atom is -0.442 e. The van der Waals surface area contributed by atoms with Crippen LogP contribution in [0.3, 0.4) is 0 Å². The van der Waals surface area contributed by atoms with Crippen LogP contribution in [-0.4, -0.2) is 31.7 Å². The van der Waals surface area contributed by atoms with E-state index < -0.39 is 15.1 Å². The van der Waals surface area contributed by atoms with Gasteiger partial charge in [-0.25, -0.2) is 13.2 Å². The summed E-state index contributed by atoms with van der Waals surface area (Å²) in [5.74, 6) is 0. The summed E-state index contributed by atoms with van der Waals surface area (Å²) in [6, 6.07) is 7.04. The summed E-state index contributed by atoms with van der Waals surface area (Å²) in [6.07, 6.45) is 0.680. The second kappa shape index (κ2) is 4.68. The summed E-state index contributed by atoms with van der Waals surface area (Å²) in [5, 5.41) is 3.11. The molecular formula is C12H11ClN2O4S. The van der Waals surface area contributed by atoms with Gasteiger partial charge in [0.1, 0.15) is 11.0 Å². The Balaban J connectivity index is 2.05. The molecule has 2 heterocycles. The second-order valence-electron chi connectivity index (χ2n) is 4.51. The van der Waals surface area contributed by atoms with Gasteiger partial charge in [-0.15, -0.1) is 0 Å². The minimum atomic E-state index is -3.82. The summed E-state index contributed by atoms with van der Waals surface area (Å²) in [4.78, 5) is 11.1. The van der Waals surface area contributed by atoms with E-state index in [0.29, 0.717) is 18.5 Å². The first kappa shape index (κ1) is 13.3. The number of hydrogen-bond acceptors (Lipinski definition) is 4. The van der Waals surface area contributed by atoms with Crippen molar-refractivity contribution in [3.05, 3.63) is 30.5 Å². The summed E-state index contributed by atoms with van der Waals surface area (Å²) in [6.45, 7) is 0.764. The monoisotopic (exact) mass is 314 g/mol. The lowest BCUT2D eigenvalue weighted by Gasteiger charge is -2.09. The molecule has 0 aliphatic carbocycles. The van der Waals surface area contributed by atoms with Gasteiger partial charge in [-0.05, 0) is 6.07 Å². The molecule has 1 aromatic carbocycles. The maximum Gasteiger partial charge on any atom is 0.407 e. The lowest BCUT2D eigenvalue weighted by molar-refractivity contribution is 0.131. The third-order valence-corrected chi connectivity index (χ3v) is 4.51. The Morgan fingerprint density at radius 2 is 2.15 bits per heavy atom. The van der Waals surface area contributed by atoms with Crippen LogP contribution in [0, 0.1) is 0 Å². The lowest BCUT2D eigenvalue weighted by atomic mass is 10.2. The quantitative estimate of drug-likeness (QED) is 0.874. The average Bonchev–Trinajstić information content (AvgIpc) is 2.94. The minimum absolute atomic E-state index is 0.0621. The van der Waals surface area contributed by atoms with Gasteiger partial charge in [-0.2, -0.15) is 0 Å². The molecule has 1 amide bonds. The molecule has 1 unspecified atom stereocenters. The second-order valence-corrected chi connectivity index (χ2v) is 7.04. The number of benzene rings is 1. The van der Waals surface area contributed by atoms with Crippen LogP contribution in [0.25, 0.3) is 10.9 Å². The number of nitrogens with one attached hydrogen (secondary N) is 1. The predicted molar refractivity (Wildman–Crippen MR) is 73.2 cm³/mol. The Morgan fingerprint density at radius 1 is 1.40 bits per heavy atom. The topological polar surface area (TPSA) is 77.4 Å². The van der Waals surface area contributed by atoms with Crippen LogP contribution < -0.4 is 5.32 Å². The Morgan fingerprint density at radius 3 is 2.80 bits per heavy atom. The van der Waals surface area contributed by atoms with E-state index in [1.54, 1.807) is 22.8 Å². The van der Waals surface area contributed by atoms with Crippen molar-refractivity contribution in [3.8, 4) is 0 Å². The fourth-order valence-corrected chi connectivity index (χ4v) is 3.37. The largest absolute Gasteiger partial charge is 0.442 e. The number of para-hydroxylation sites is 1. The molecular weight excluding hydrogens is 304 g/mol. The van der Waals surface area contributed by atoms with Crippen LogP contribution in [0.5, 0.6) is 0 Å². The van der Waals surface area contributed by atoms with Gasteiger partial charge >= 0.3 is 6.09 Å². The van der Waals surface area contributed by atoms with Crippen molar-refractivity contribution in [2.24, 2.45) is 0 Å². The molecule has 1 saturated heterocycles. The van der Waals surface area contributed by atoms with Crippen LogP contribution in [0.2, 0.25) is 0 Å². The van der Waals surface area contributed by atoms with Crippen LogP contribution in [0.4, 0.5) is 4.79 Å². The zero-order valence-electron chi connectivity index (χ0n) is 10.2. The highest BCUT2D eigenvalue weighted by atomic mass is 35.7. The molecule has 1 aliphatic rings. The normalized spacial score (nSPS) is 19.1. The number of amides is 1. The van der Waals surface area contributed by atoms with Crippen LogP contribution in [-0.2, 0) is 20.3 Å². The number of fused-ring (bicyclic) bond motifs is 1. The maximum atomic E-state index is 11.6. The van der Waals surface area contributed by atoms with Gasteiger partial charge in [0.05, 0.1) is 13.1 Å². The predicted octanol–water partition coefficient (Wildman–Crippen LogP) is 1.68. The van der Waals surface area contributed by atoms with Crippen molar-refractivity contribution in [2.75, 3.05) is 6.54 Å². The van der Waals surface area contributed by atoms with Gasteiger partial charge in [-0.1, -0.05) is 18.2 Å². The molecule has 6 nitrogen and oxygen atoms in total. The Labute approximate surface area is 119 Å².